The molecule has 1 unspecified atom stereocenters. The number of hydrogen-bond acceptors (Lipinski definition) is 6. The maximum Gasteiger partial charge on any atom is 0.252 e. The SMILES string of the molecule is O=C(Nc1nc2c(cc3c4c(cccc42)CC3)s1)C1CCCN(S(=O)(=O)c2ccc(Cl)s2)C1. The number of aryl methyl sites for hydroxylation is 2. The third-order valence-corrected chi connectivity index (χ3v) is 11.0. The van der Waals surface area contributed by atoms with Crippen molar-refractivity contribution in [1.29, 1.82) is 0 Å². The number of amides is 1. The second-order valence-electron chi connectivity index (χ2n) is 8.49. The molecular formula is C23H20ClN3O3S3. The highest BCUT2D eigenvalue weighted by Crippen LogP contribution is 2.39. The van der Waals surface area contributed by atoms with Crippen LogP contribution in [0.4, 0.5) is 5.13 Å². The van der Waals surface area contributed by atoms with Gasteiger partial charge in [0.05, 0.1) is 20.5 Å². The van der Waals surface area contributed by atoms with Crippen molar-refractivity contribution in [2.75, 3.05) is 18.4 Å². The predicted molar refractivity (Wildman–Crippen MR) is 134 cm³/mol. The van der Waals surface area contributed by atoms with Crippen LogP contribution in [-0.2, 0) is 27.7 Å². The van der Waals surface area contributed by atoms with Crippen LogP contribution in [0, 0.1) is 5.92 Å². The van der Waals surface area contributed by atoms with Gasteiger partial charge in [-0.05, 0) is 60.4 Å². The lowest BCUT2D eigenvalue weighted by atomic mass is 9.99. The minimum atomic E-state index is -3.65. The molecule has 1 amide bonds. The lowest BCUT2D eigenvalue weighted by Gasteiger charge is -2.30. The van der Waals surface area contributed by atoms with Crippen molar-refractivity contribution in [2.45, 2.75) is 29.9 Å². The average molecular weight is 518 g/mol. The number of halogens is 1. The van der Waals surface area contributed by atoms with E-state index >= 15 is 0 Å². The van der Waals surface area contributed by atoms with Gasteiger partial charge >= 0.3 is 0 Å². The molecule has 6 nitrogen and oxygen atoms in total. The molecule has 1 aliphatic heterocycles. The summed E-state index contributed by atoms with van der Waals surface area (Å²) in [4.78, 5) is 17.8. The summed E-state index contributed by atoms with van der Waals surface area (Å²) < 4.78 is 29.0. The first-order valence-corrected chi connectivity index (χ1v) is 14.3. The minimum absolute atomic E-state index is 0.158. The Bertz CT molecular complexity index is 1530. The fourth-order valence-corrected chi connectivity index (χ4v) is 9.02. The summed E-state index contributed by atoms with van der Waals surface area (Å²) in [7, 11) is -3.65. The molecule has 1 fully saturated rings. The van der Waals surface area contributed by atoms with E-state index in [1.807, 2.05) is 0 Å². The van der Waals surface area contributed by atoms with Gasteiger partial charge in [-0.2, -0.15) is 4.31 Å². The molecule has 1 aliphatic carbocycles. The number of nitrogens with zero attached hydrogens (tertiary/aromatic N) is 2. The molecule has 0 saturated carbocycles. The van der Waals surface area contributed by atoms with Crippen LogP contribution in [-0.4, -0.2) is 36.7 Å². The van der Waals surface area contributed by atoms with E-state index in [1.54, 1.807) is 6.07 Å². The number of nitrogens with one attached hydrogen (secondary N) is 1. The molecular weight excluding hydrogens is 498 g/mol. The zero-order chi connectivity index (χ0) is 22.7. The van der Waals surface area contributed by atoms with Gasteiger partial charge in [-0.3, -0.25) is 4.79 Å². The van der Waals surface area contributed by atoms with Crippen molar-refractivity contribution in [3.05, 3.63) is 51.9 Å². The summed E-state index contributed by atoms with van der Waals surface area (Å²) >= 11 is 8.45. The normalized spacial score (nSPS) is 18.9. The highest BCUT2D eigenvalue weighted by molar-refractivity contribution is 7.91. The number of aromatic nitrogens is 1. The van der Waals surface area contributed by atoms with Crippen LogP contribution < -0.4 is 5.32 Å². The summed E-state index contributed by atoms with van der Waals surface area (Å²) in [5, 5.41) is 5.96. The summed E-state index contributed by atoms with van der Waals surface area (Å²) in [5.41, 5.74) is 3.62. The van der Waals surface area contributed by atoms with Gasteiger partial charge in [0.15, 0.2) is 5.13 Å². The van der Waals surface area contributed by atoms with E-state index in [1.165, 1.54) is 38.2 Å². The standard InChI is InChI=1S/C23H20ClN3O3S3/c24-18-8-9-19(32-18)33(29,30)27-10-2-4-15(12-27)22(28)26-23-25-21-16-5-1-3-13-6-7-14(20(13)16)11-17(21)31-23/h1,3,5,8-9,11,15H,2,4,6-7,10,12H2,(H,25,26,28). The predicted octanol–water partition coefficient (Wildman–Crippen LogP) is 5.30. The van der Waals surface area contributed by atoms with Gasteiger partial charge in [-0.15, -0.1) is 11.3 Å². The Morgan fingerprint density at radius 2 is 2.00 bits per heavy atom. The molecule has 6 rings (SSSR count). The van der Waals surface area contributed by atoms with Crippen molar-refractivity contribution in [2.24, 2.45) is 5.92 Å². The number of thiophene rings is 1. The molecule has 33 heavy (non-hydrogen) atoms. The van der Waals surface area contributed by atoms with E-state index < -0.39 is 15.9 Å². The van der Waals surface area contributed by atoms with Gasteiger partial charge < -0.3 is 5.32 Å². The van der Waals surface area contributed by atoms with Crippen LogP contribution in [0.1, 0.15) is 24.0 Å². The minimum Gasteiger partial charge on any atom is -0.302 e. The van der Waals surface area contributed by atoms with Gasteiger partial charge in [0.25, 0.3) is 10.0 Å². The van der Waals surface area contributed by atoms with Gasteiger partial charge in [-0.25, -0.2) is 13.4 Å². The summed E-state index contributed by atoms with van der Waals surface area (Å²) in [6.45, 7) is 0.560. The monoisotopic (exact) mass is 517 g/mol. The highest BCUT2D eigenvalue weighted by Gasteiger charge is 2.34. The second-order valence-corrected chi connectivity index (χ2v) is 13.4. The number of anilines is 1. The van der Waals surface area contributed by atoms with Crippen molar-refractivity contribution < 1.29 is 13.2 Å². The number of thiazole rings is 1. The fraction of sp³-hybridized carbons (Fsp3) is 0.304. The van der Waals surface area contributed by atoms with E-state index in [2.05, 4.69) is 29.6 Å². The van der Waals surface area contributed by atoms with Gasteiger partial charge in [-0.1, -0.05) is 41.1 Å². The van der Waals surface area contributed by atoms with Crippen molar-refractivity contribution in [3.8, 4) is 0 Å². The van der Waals surface area contributed by atoms with Crippen molar-refractivity contribution in [1.82, 2.24) is 9.29 Å². The van der Waals surface area contributed by atoms with Gasteiger partial charge in [0, 0.05) is 18.5 Å². The zero-order valence-electron chi connectivity index (χ0n) is 17.5. The zero-order valence-corrected chi connectivity index (χ0v) is 20.7. The Labute approximate surface area is 204 Å². The average Bonchev–Trinajstić information content (AvgIpc) is 3.53. The first-order chi connectivity index (χ1) is 15.9. The molecule has 0 radical (unpaired) electrons. The van der Waals surface area contributed by atoms with Crippen LogP contribution in [0.2, 0.25) is 4.34 Å². The number of carbonyl (C=O) groups is 1. The Morgan fingerprint density at radius 3 is 2.82 bits per heavy atom. The number of sulfonamides is 1. The van der Waals surface area contributed by atoms with Gasteiger partial charge in [0.2, 0.25) is 5.91 Å². The van der Waals surface area contributed by atoms with E-state index in [9.17, 15) is 13.2 Å². The number of fused-ring (bicyclic) bond motifs is 2. The third-order valence-electron chi connectivity index (χ3n) is 6.48. The molecule has 1 atom stereocenters. The summed E-state index contributed by atoms with van der Waals surface area (Å²) in [6, 6.07) is 11.6. The molecule has 3 heterocycles. The molecule has 4 aromatic rings. The van der Waals surface area contributed by atoms with E-state index in [0.29, 0.717) is 28.9 Å². The molecule has 2 aliphatic rings. The Kier molecular flexibility index (Phi) is 5.23. The highest BCUT2D eigenvalue weighted by atomic mass is 35.5. The first-order valence-electron chi connectivity index (χ1n) is 10.8. The summed E-state index contributed by atoms with van der Waals surface area (Å²) in [5.74, 6) is -0.607. The van der Waals surface area contributed by atoms with Crippen LogP contribution in [0.25, 0.3) is 21.0 Å². The Morgan fingerprint density at radius 1 is 1.15 bits per heavy atom. The van der Waals surface area contributed by atoms with Crippen LogP contribution in [0.3, 0.4) is 0 Å². The van der Waals surface area contributed by atoms with Crippen LogP contribution >= 0.6 is 34.3 Å². The lowest BCUT2D eigenvalue weighted by Crippen LogP contribution is -2.43. The number of rotatable bonds is 4. The third kappa shape index (κ3) is 3.66. The smallest absolute Gasteiger partial charge is 0.252 e. The molecule has 1 saturated heterocycles. The molecule has 0 spiro atoms. The van der Waals surface area contributed by atoms with E-state index in [-0.39, 0.29) is 16.7 Å². The molecule has 0 bridgehead atoms. The fourth-order valence-electron chi connectivity index (χ4n) is 4.90. The van der Waals surface area contributed by atoms with Gasteiger partial charge in [0.1, 0.15) is 4.21 Å². The van der Waals surface area contributed by atoms with Crippen LogP contribution in [0.5, 0.6) is 0 Å². The van der Waals surface area contributed by atoms with E-state index in [0.717, 1.165) is 39.8 Å². The van der Waals surface area contributed by atoms with Crippen molar-refractivity contribution in [3.63, 3.8) is 0 Å². The first kappa shape index (κ1) is 21.5. The molecule has 2 aromatic carbocycles. The second kappa shape index (κ2) is 8.02. The lowest BCUT2D eigenvalue weighted by molar-refractivity contribution is -0.120. The Balaban J connectivity index is 1.24. The molecule has 2 aromatic heterocycles. The summed E-state index contributed by atoms with van der Waals surface area (Å²) in [6.07, 6.45) is 3.37. The largest absolute Gasteiger partial charge is 0.302 e. The quantitative estimate of drug-likeness (QED) is 0.398. The molecule has 170 valence electrons. The van der Waals surface area contributed by atoms with Crippen LogP contribution in [0.15, 0.2) is 40.6 Å². The number of hydrogen-bond donors (Lipinski definition) is 1. The number of benzene rings is 2. The van der Waals surface area contributed by atoms with E-state index in [4.69, 9.17) is 16.6 Å². The Hall–Kier alpha value is -2.04. The maximum atomic E-state index is 13.1. The number of carbonyl (C=O) groups excluding carboxylic acids is 1. The molecule has 10 heteroatoms. The maximum absolute atomic E-state index is 13.1. The topological polar surface area (TPSA) is 79.4 Å². The number of piperidine rings is 1. The van der Waals surface area contributed by atoms with Crippen molar-refractivity contribution >= 4 is 76.3 Å². The molecule has 1 N–H and O–H groups in total.